The number of rotatable bonds is 2. The first-order valence-corrected chi connectivity index (χ1v) is 6.94. The molecule has 0 aliphatic heterocycles. The van der Waals surface area contributed by atoms with Gasteiger partial charge in [-0.05, 0) is 38.5 Å². The quantitative estimate of drug-likeness (QED) is 0.781. The van der Waals surface area contributed by atoms with E-state index >= 15 is 0 Å². The van der Waals surface area contributed by atoms with Crippen molar-refractivity contribution in [3.8, 4) is 11.5 Å². The Hall–Kier alpha value is -2.33. The van der Waals surface area contributed by atoms with Gasteiger partial charge in [-0.3, -0.25) is 0 Å². The molecule has 0 radical (unpaired) electrons. The maximum absolute atomic E-state index is 9.66. The van der Waals surface area contributed by atoms with Gasteiger partial charge in [0.2, 0.25) is 0 Å². The highest BCUT2D eigenvalue weighted by atomic mass is 16.3. The number of hydrogen-bond acceptors (Lipinski definition) is 4. The molecule has 1 atom stereocenters. The predicted octanol–water partition coefficient (Wildman–Crippen LogP) is 3.36. The van der Waals surface area contributed by atoms with Gasteiger partial charge in [0.1, 0.15) is 5.69 Å². The molecule has 4 heteroatoms. The number of hydrogen-bond donors (Lipinski definition) is 1. The van der Waals surface area contributed by atoms with Gasteiger partial charge in [-0.25, -0.2) is 15.0 Å². The van der Waals surface area contributed by atoms with Gasteiger partial charge in [-0.2, -0.15) is 0 Å². The standard InChI is InChI=1S/C17H17N3O/c1-10-8-16(20-15-7-5-4-6-13(10)15)17-18-9-14(12(3)21)11(2)19-17/h4-9,12,21H,1-3H3/t12-/m0/s1. The van der Waals surface area contributed by atoms with Crippen LogP contribution in [0.5, 0.6) is 0 Å². The molecule has 0 bridgehead atoms. The lowest BCUT2D eigenvalue weighted by Crippen LogP contribution is -2.02. The van der Waals surface area contributed by atoms with Crippen LogP contribution >= 0.6 is 0 Å². The van der Waals surface area contributed by atoms with Gasteiger partial charge in [0.05, 0.1) is 11.6 Å². The third-order valence-electron chi connectivity index (χ3n) is 3.62. The molecule has 4 nitrogen and oxygen atoms in total. The lowest BCUT2D eigenvalue weighted by molar-refractivity contribution is 0.197. The Bertz CT molecular complexity index is 812. The van der Waals surface area contributed by atoms with Gasteiger partial charge in [0, 0.05) is 22.8 Å². The molecule has 0 unspecified atom stereocenters. The first-order valence-electron chi connectivity index (χ1n) is 6.94. The Morgan fingerprint density at radius 2 is 1.86 bits per heavy atom. The lowest BCUT2D eigenvalue weighted by Gasteiger charge is -2.10. The van der Waals surface area contributed by atoms with Crippen molar-refractivity contribution in [2.75, 3.05) is 0 Å². The van der Waals surface area contributed by atoms with Crippen LogP contribution in [0.2, 0.25) is 0 Å². The molecule has 1 N–H and O–H groups in total. The maximum atomic E-state index is 9.66. The fourth-order valence-electron chi connectivity index (χ4n) is 2.47. The number of aliphatic hydroxyl groups excluding tert-OH is 1. The van der Waals surface area contributed by atoms with Crippen LogP contribution in [-0.2, 0) is 0 Å². The number of fused-ring (bicyclic) bond motifs is 1. The molecular formula is C17H17N3O. The van der Waals surface area contributed by atoms with Gasteiger partial charge in [-0.15, -0.1) is 0 Å². The van der Waals surface area contributed by atoms with Crippen LogP contribution < -0.4 is 0 Å². The SMILES string of the molecule is Cc1nc(-c2cc(C)c3ccccc3n2)ncc1[C@H](C)O. The second kappa shape index (κ2) is 5.22. The van der Waals surface area contributed by atoms with E-state index in [1.807, 2.05) is 31.2 Å². The van der Waals surface area contributed by atoms with Gasteiger partial charge >= 0.3 is 0 Å². The summed E-state index contributed by atoms with van der Waals surface area (Å²) in [6.07, 6.45) is 1.11. The van der Waals surface area contributed by atoms with Crippen LogP contribution in [0.25, 0.3) is 22.4 Å². The summed E-state index contributed by atoms with van der Waals surface area (Å²) >= 11 is 0. The van der Waals surface area contributed by atoms with E-state index in [1.165, 1.54) is 0 Å². The van der Waals surface area contributed by atoms with Crippen molar-refractivity contribution in [1.29, 1.82) is 0 Å². The molecule has 0 amide bonds. The van der Waals surface area contributed by atoms with Gasteiger partial charge in [0.25, 0.3) is 0 Å². The molecule has 2 heterocycles. The minimum Gasteiger partial charge on any atom is -0.389 e. The monoisotopic (exact) mass is 279 g/mol. The normalized spacial score (nSPS) is 12.6. The number of nitrogens with zero attached hydrogens (tertiary/aromatic N) is 3. The zero-order valence-corrected chi connectivity index (χ0v) is 12.3. The molecule has 0 saturated carbocycles. The van der Waals surface area contributed by atoms with E-state index in [2.05, 4.69) is 27.9 Å². The predicted molar refractivity (Wildman–Crippen MR) is 82.9 cm³/mol. The van der Waals surface area contributed by atoms with Crippen LogP contribution in [-0.4, -0.2) is 20.1 Å². The highest BCUT2D eigenvalue weighted by molar-refractivity contribution is 5.84. The van der Waals surface area contributed by atoms with Crippen molar-refractivity contribution in [3.63, 3.8) is 0 Å². The number of para-hydroxylation sites is 1. The second-order valence-corrected chi connectivity index (χ2v) is 5.25. The fraction of sp³-hybridized carbons (Fsp3) is 0.235. The lowest BCUT2D eigenvalue weighted by atomic mass is 10.1. The van der Waals surface area contributed by atoms with Crippen LogP contribution in [0.1, 0.15) is 29.8 Å². The molecule has 1 aromatic carbocycles. The zero-order chi connectivity index (χ0) is 15.0. The summed E-state index contributed by atoms with van der Waals surface area (Å²) in [7, 11) is 0. The third-order valence-corrected chi connectivity index (χ3v) is 3.62. The molecule has 0 aliphatic rings. The summed E-state index contributed by atoms with van der Waals surface area (Å²) in [5, 5.41) is 10.8. The second-order valence-electron chi connectivity index (χ2n) is 5.25. The first-order chi connectivity index (χ1) is 10.1. The summed E-state index contributed by atoms with van der Waals surface area (Å²) < 4.78 is 0. The maximum Gasteiger partial charge on any atom is 0.178 e. The molecule has 0 aliphatic carbocycles. The van der Waals surface area contributed by atoms with Gasteiger partial charge in [-0.1, -0.05) is 18.2 Å². The number of aryl methyl sites for hydroxylation is 2. The van der Waals surface area contributed by atoms with E-state index in [-0.39, 0.29) is 0 Å². The van der Waals surface area contributed by atoms with Crippen LogP contribution in [0.3, 0.4) is 0 Å². The molecule has 0 fully saturated rings. The molecule has 3 aromatic rings. The fourth-order valence-corrected chi connectivity index (χ4v) is 2.47. The van der Waals surface area contributed by atoms with Crippen LogP contribution in [0.4, 0.5) is 0 Å². The summed E-state index contributed by atoms with van der Waals surface area (Å²) in [5.41, 5.74) is 4.37. The smallest absolute Gasteiger partial charge is 0.178 e. The molecule has 106 valence electrons. The molecule has 3 rings (SSSR count). The molecular weight excluding hydrogens is 262 g/mol. The van der Waals surface area contributed by atoms with Crippen molar-refractivity contribution in [1.82, 2.24) is 15.0 Å². The largest absolute Gasteiger partial charge is 0.389 e. The Morgan fingerprint density at radius 3 is 2.57 bits per heavy atom. The zero-order valence-electron chi connectivity index (χ0n) is 12.3. The minimum atomic E-state index is -0.564. The van der Waals surface area contributed by atoms with Crippen molar-refractivity contribution in [3.05, 3.63) is 53.3 Å². The summed E-state index contributed by atoms with van der Waals surface area (Å²) in [6.45, 7) is 5.65. The van der Waals surface area contributed by atoms with Gasteiger partial charge in [0.15, 0.2) is 5.82 Å². The highest BCUT2D eigenvalue weighted by Crippen LogP contribution is 2.23. The van der Waals surface area contributed by atoms with Crippen LogP contribution in [0.15, 0.2) is 36.5 Å². The molecule has 0 spiro atoms. The average molecular weight is 279 g/mol. The summed E-state index contributed by atoms with van der Waals surface area (Å²) in [5.74, 6) is 0.589. The summed E-state index contributed by atoms with van der Waals surface area (Å²) in [4.78, 5) is 13.5. The molecule has 2 aromatic heterocycles. The van der Waals surface area contributed by atoms with E-state index in [9.17, 15) is 5.11 Å². The topological polar surface area (TPSA) is 58.9 Å². The molecule has 21 heavy (non-hydrogen) atoms. The van der Waals surface area contributed by atoms with Crippen molar-refractivity contribution >= 4 is 10.9 Å². The number of benzene rings is 1. The first kappa shape index (κ1) is 13.6. The van der Waals surface area contributed by atoms with E-state index in [0.29, 0.717) is 5.82 Å². The average Bonchev–Trinajstić information content (AvgIpc) is 2.46. The van der Waals surface area contributed by atoms with Crippen molar-refractivity contribution < 1.29 is 5.11 Å². The third kappa shape index (κ3) is 2.50. The minimum absolute atomic E-state index is 0.564. The van der Waals surface area contributed by atoms with E-state index in [4.69, 9.17) is 0 Å². The Balaban J connectivity index is 2.14. The van der Waals surface area contributed by atoms with Gasteiger partial charge < -0.3 is 5.11 Å². The summed E-state index contributed by atoms with van der Waals surface area (Å²) in [6, 6.07) is 10.0. The van der Waals surface area contributed by atoms with Crippen molar-refractivity contribution in [2.24, 2.45) is 0 Å². The molecule has 0 saturated heterocycles. The number of aliphatic hydroxyl groups is 1. The van der Waals surface area contributed by atoms with E-state index in [0.717, 1.165) is 33.4 Å². The van der Waals surface area contributed by atoms with Crippen molar-refractivity contribution in [2.45, 2.75) is 26.9 Å². The van der Waals surface area contributed by atoms with E-state index in [1.54, 1.807) is 13.1 Å². The Kier molecular flexibility index (Phi) is 3.39. The Morgan fingerprint density at radius 1 is 1.10 bits per heavy atom. The van der Waals surface area contributed by atoms with Crippen LogP contribution in [0, 0.1) is 13.8 Å². The number of pyridine rings is 1. The Labute approximate surface area is 123 Å². The van der Waals surface area contributed by atoms with E-state index < -0.39 is 6.10 Å². The highest BCUT2D eigenvalue weighted by Gasteiger charge is 2.11. The number of aromatic nitrogens is 3.